The van der Waals surface area contributed by atoms with Gasteiger partial charge in [0, 0.05) is 6.54 Å². The molecule has 0 spiro atoms. The second-order valence-electron chi connectivity index (χ2n) is 4.36. The fourth-order valence-corrected chi connectivity index (χ4v) is 1.67. The highest BCUT2D eigenvalue weighted by Gasteiger charge is 2.23. The number of rotatable bonds is 9. The van der Waals surface area contributed by atoms with Gasteiger partial charge in [0.05, 0.1) is 6.61 Å². The summed E-state index contributed by atoms with van der Waals surface area (Å²) in [6.07, 6.45) is 1.65. The Bertz CT molecular complexity index is 333. The molecule has 0 fully saturated rings. The molecule has 0 saturated carbocycles. The van der Waals surface area contributed by atoms with Gasteiger partial charge in [-0.2, -0.15) is 0 Å². The zero-order valence-corrected chi connectivity index (χ0v) is 12.3. The molecular formula is C13H24N2O5. The van der Waals surface area contributed by atoms with Gasteiger partial charge in [0.1, 0.15) is 12.6 Å². The molecule has 0 aliphatic carbocycles. The largest absolute Gasteiger partial charge is 0.480 e. The van der Waals surface area contributed by atoms with Crippen LogP contribution in [0.1, 0.15) is 40.0 Å². The van der Waals surface area contributed by atoms with Gasteiger partial charge in [0.25, 0.3) is 0 Å². The maximum Gasteiger partial charge on any atom is 0.326 e. The van der Waals surface area contributed by atoms with Gasteiger partial charge in [-0.1, -0.05) is 20.3 Å². The number of carbonyl (C=O) groups excluding carboxylic acids is 2. The van der Waals surface area contributed by atoms with E-state index in [4.69, 9.17) is 9.84 Å². The first-order valence-electron chi connectivity index (χ1n) is 6.90. The van der Waals surface area contributed by atoms with E-state index in [-0.39, 0.29) is 13.2 Å². The van der Waals surface area contributed by atoms with Gasteiger partial charge in [-0.05, 0) is 19.8 Å². The van der Waals surface area contributed by atoms with Gasteiger partial charge < -0.3 is 20.1 Å². The molecule has 0 radical (unpaired) electrons. The molecule has 0 aromatic rings. The van der Waals surface area contributed by atoms with Crippen molar-refractivity contribution in [2.45, 2.75) is 46.1 Å². The summed E-state index contributed by atoms with van der Waals surface area (Å²) in [5.74, 6) is -1.58. The first-order valence-corrected chi connectivity index (χ1v) is 6.90. The smallest absolute Gasteiger partial charge is 0.326 e. The molecule has 7 nitrogen and oxygen atoms in total. The minimum atomic E-state index is -1.08. The summed E-state index contributed by atoms with van der Waals surface area (Å²) in [5.41, 5.74) is 0. The van der Waals surface area contributed by atoms with Crippen LogP contribution in [0.25, 0.3) is 0 Å². The molecule has 7 heteroatoms. The van der Waals surface area contributed by atoms with E-state index >= 15 is 0 Å². The van der Waals surface area contributed by atoms with Crippen LogP contribution in [-0.4, -0.2) is 53.7 Å². The molecule has 0 bridgehead atoms. The quantitative estimate of drug-likeness (QED) is 0.622. The number of carboxylic acid groups (broad SMARTS) is 1. The summed E-state index contributed by atoms with van der Waals surface area (Å²) in [4.78, 5) is 35.7. The highest BCUT2D eigenvalue weighted by molar-refractivity contribution is 5.85. The van der Waals surface area contributed by atoms with Crippen molar-refractivity contribution in [3.05, 3.63) is 0 Å². The minimum Gasteiger partial charge on any atom is -0.480 e. The van der Waals surface area contributed by atoms with E-state index < -0.39 is 24.0 Å². The maximum atomic E-state index is 12.0. The molecule has 2 N–H and O–H groups in total. The van der Waals surface area contributed by atoms with Crippen LogP contribution < -0.4 is 5.32 Å². The van der Waals surface area contributed by atoms with Gasteiger partial charge in [-0.3, -0.25) is 4.79 Å². The van der Waals surface area contributed by atoms with E-state index in [9.17, 15) is 14.4 Å². The zero-order valence-electron chi connectivity index (χ0n) is 12.3. The summed E-state index contributed by atoms with van der Waals surface area (Å²) in [5, 5.41) is 11.4. The van der Waals surface area contributed by atoms with Crippen molar-refractivity contribution in [1.82, 2.24) is 10.2 Å². The normalized spacial score (nSPS) is 11.6. The van der Waals surface area contributed by atoms with E-state index in [0.717, 1.165) is 0 Å². The second kappa shape index (κ2) is 10.1. The predicted molar refractivity (Wildman–Crippen MR) is 73.4 cm³/mol. The van der Waals surface area contributed by atoms with E-state index in [2.05, 4.69) is 5.32 Å². The van der Waals surface area contributed by atoms with Crippen molar-refractivity contribution in [2.75, 3.05) is 19.7 Å². The monoisotopic (exact) mass is 288 g/mol. The Balaban J connectivity index is 4.61. The first-order chi connectivity index (χ1) is 9.46. The van der Waals surface area contributed by atoms with Gasteiger partial charge in [0.2, 0.25) is 0 Å². The summed E-state index contributed by atoms with van der Waals surface area (Å²) in [6.45, 7) is 5.82. The Morgan fingerprint density at radius 3 is 2.30 bits per heavy atom. The molecule has 0 saturated heterocycles. The van der Waals surface area contributed by atoms with Crippen LogP contribution in [0, 0.1) is 0 Å². The van der Waals surface area contributed by atoms with Crippen LogP contribution in [0.15, 0.2) is 0 Å². The van der Waals surface area contributed by atoms with Crippen LogP contribution in [0.5, 0.6) is 0 Å². The molecule has 20 heavy (non-hydrogen) atoms. The Morgan fingerprint density at radius 2 is 1.85 bits per heavy atom. The third-order valence-corrected chi connectivity index (χ3v) is 2.58. The number of carbonyl (C=O) groups is 3. The van der Waals surface area contributed by atoms with Crippen LogP contribution in [0.4, 0.5) is 4.79 Å². The van der Waals surface area contributed by atoms with Crippen molar-refractivity contribution in [2.24, 2.45) is 0 Å². The summed E-state index contributed by atoms with van der Waals surface area (Å²) < 4.78 is 4.79. The van der Waals surface area contributed by atoms with Crippen LogP contribution in [0.2, 0.25) is 0 Å². The number of nitrogens with one attached hydrogen (secondary N) is 1. The number of hydrogen-bond donors (Lipinski definition) is 2. The lowest BCUT2D eigenvalue weighted by molar-refractivity contribution is -0.143. The zero-order chi connectivity index (χ0) is 15.5. The van der Waals surface area contributed by atoms with Crippen molar-refractivity contribution < 1.29 is 24.2 Å². The van der Waals surface area contributed by atoms with Gasteiger partial charge >= 0.3 is 18.0 Å². The van der Waals surface area contributed by atoms with Crippen molar-refractivity contribution in [1.29, 1.82) is 0 Å². The predicted octanol–water partition coefficient (Wildman–Crippen LogP) is 1.22. The summed E-state index contributed by atoms with van der Waals surface area (Å²) in [7, 11) is 0. The SMILES string of the molecule is CCCC(NC(=O)N(CCC)CC(=O)OCC)C(=O)O. The Labute approximate surface area is 119 Å². The van der Waals surface area contributed by atoms with Crippen LogP contribution >= 0.6 is 0 Å². The molecule has 0 heterocycles. The fourth-order valence-electron chi connectivity index (χ4n) is 1.67. The third-order valence-electron chi connectivity index (χ3n) is 2.58. The van der Waals surface area contributed by atoms with Gasteiger partial charge in [-0.15, -0.1) is 0 Å². The summed E-state index contributed by atoms with van der Waals surface area (Å²) in [6, 6.07) is -1.49. The van der Waals surface area contributed by atoms with Crippen LogP contribution in [0.3, 0.4) is 0 Å². The number of carboxylic acids is 1. The number of hydrogen-bond acceptors (Lipinski definition) is 4. The van der Waals surface area contributed by atoms with Crippen molar-refractivity contribution in [3.8, 4) is 0 Å². The molecule has 0 rings (SSSR count). The van der Waals surface area contributed by atoms with E-state index in [1.165, 1.54) is 4.90 Å². The molecule has 0 aromatic carbocycles. The molecular weight excluding hydrogens is 264 g/mol. The molecule has 0 aromatic heterocycles. The lowest BCUT2D eigenvalue weighted by Gasteiger charge is -2.23. The van der Waals surface area contributed by atoms with Crippen molar-refractivity contribution in [3.63, 3.8) is 0 Å². The number of nitrogens with zero attached hydrogens (tertiary/aromatic N) is 1. The molecule has 2 amide bonds. The Hall–Kier alpha value is -1.79. The topological polar surface area (TPSA) is 95.9 Å². The molecule has 116 valence electrons. The number of aliphatic carboxylic acids is 1. The average Bonchev–Trinajstić information content (AvgIpc) is 2.37. The molecule has 1 atom stereocenters. The molecule has 1 unspecified atom stereocenters. The van der Waals surface area contributed by atoms with E-state index in [1.54, 1.807) is 6.92 Å². The second-order valence-corrected chi connectivity index (χ2v) is 4.36. The number of amides is 2. The highest BCUT2D eigenvalue weighted by atomic mass is 16.5. The molecule has 0 aliphatic heterocycles. The lowest BCUT2D eigenvalue weighted by Crippen LogP contribution is -2.49. The summed E-state index contributed by atoms with van der Waals surface area (Å²) >= 11 is 0. The van der Waals surface area contributed by atoms with Gasteiger partial charge in [-0.25, -0.2) is 9.59 Å². The average molecular weight is 288 g/mol. The highest BCUT2D eigenvalue weighted by Crippen LogP contribution is 2.00. The minimum absolute atomic E-state index is 0.175. The van der Waals surface area contributed by atoms with Crippen LogP contribution in [-0.2, 0) is 14.3 Å². The first kappa shape index (κ1) is 18.2. The third kappa shape index (κ3) is 6.96. The van der Waals surface area contributed by atoms with E-state index in [1.807, 2.05) is 13.8 Å². The van der Waals surface area contributed by atoms with Gasteiger partial charge in [0.15, 0.2) is 0 Å². The molecule has 0 aliphatic rings. The number of esters is 1. The standard InChI is InChI=1S/C13H24N2O5/c1-4-7-10(12(17)18)14-13(19)15(8-5-2)9-11(16)20-6-3/h10H,4-9H2,1-3H3,(H,14,19)(H,17,18). The maximum absolute atomic E-state index is 12.0. The number of ether oxygens (including phenoxy) is 1. The Kier molecular flexibility index (Phi) is 9.15. The van der Waals surface area contributed by atoms with Crippen molar-refractivity contribution >= 4 is 18.0 Å². The van der Waals surface area contributed by atoms with E-state index in [0.29, 0.717) is 25.8 Å². The fraction of sp³-hybridized carbons (Fsp3) is 0.769. The lowest BCUT2D eigenvalue weighted by atomic mass is 10.2. The number of urea groups is 1. The Morgan fingerprint density at radius 1 is 1.20 bits per heavy atom.